The molecule has 0 aliphatic heterocycles. The number of hydrogen-bond acceptors (Lipinski definition) is 4. The average Bonchev–Trinajstić information content (AvgIpc) is 3.40. The molecule has 2 amide bonds. The van der Waals surface area contributed by atoms with Crippen molar-refractivity contribution in [3.8, 4) is 0 Å². The van der Waals surface area contributed by atoms with E-state index in [4.69, 9.17) is 4.42 Å². The second-order valence-corrected chi connectivity index (χ2v) is 6.65. The maximum absolute atomic E-state index is 13.0. The summed E-state index contributed by atoms with van der Waals surface area (Å²) in [6, 6.07) is 18.6. The zero-order valence-electron chi connectivity index (χ0n) is 15.9. The van der Waals surface area contributed by atoms with Gasteiger partial charge in [0, 0.05) is 19.8 Å². The summed E-state index contributed by atoms with van der Waals surface area (Å²) < 4.78 is 6.86. The van der Waals surface area contributed by atoms with E-state index in [0.717, 1.165) is 5.56 Å². The predicted molar refractivity (Wildman–Crippen MR) is 107 cm³/mol. The van der Waals surface area contributed by atoms with Gasteiger partial charge in [-0.2, -0.15) is 0 Å². The summed E-state index contributed by atoms with van der Waals surface area (Å²) in [5, 5.41) is 2.77. The Hall–Kier alpha value is -3.87. The molecule has 4 rings (SSSR count). The van der Waals surface area contributed by atoms with Crippen LogP contribution in [-0.4, -0.2) is 33.1 Å². The average molecular weight is 388 g/mol. The largest absolute Gasteiger partial charge is 0.467 e. The van der Waals surface area contributed by atoms with Gasteiger partial charge in [-0.15, -0.1) is 0 Å². The summed E-state index contributed by atoms with van der Waals surface area (Å²) in [7, 11) is 1.72. The van der Waals surface area contributed by atoms with E-state index in [1.165, 1.54) is 0 Å². The van der Waals surface area contributed by atoms with Crippen molar-refractivity contribution in [2.45, 2.75) is 13.1 Å². The highest BCUT2D eigenvalue weighted by Gasteiger charge is 2.23. The van der Waals surface area contributed by atoms with Gasteiger partial charge in [-0.25, -0.2) is 4.98 Å². The number of aromatic nitrogens is 2. The molecule has 7 heteroatoms. The first-order valence-corrected chi connectivity index (χ1v) is 9.20. The Morgan fingerprint density at radius 2 is 1.86 bits per heavy atom. The molecule has 7 nitrogen and oxygen atoms in total. The number of amides is 2. The molecule has 29 heavy (non-hydrogen) atoms. The van der Waals surface area contributed by atoms with Gasteiger partial charge in [-0.3, -0.25) is 14.0 Å². The number of imidazole rings is 1. The summed E-state index contributed by atoms with van der Waals surface area (Å²) in [6.45, 7) is 0.691. The van der Waals surface area contributed by atoms with Crippen LogP contribution in [0.25, 0.3) is 5.52 Å². The lowest BCUT2D eigenvalue weighted by Gasteiger charge is -2.16. The first-order chi connectivity index (χ1) is 14.1. The summed E-state index contributed by atoms with van der Waals surface area (Å²) in [5.74, 6) is 0.164. The molecule has 3 aromatic heterocycles. The molecule has 4 aromatic rings. The molecule has 0 fully saturated rings. The Balaban J connectivity index is 1.59. The molecule has 0 saturated heterocycles. The van der Waals surface area contributed by atoms with Crippen molar-refractivity contribution in [1.82, 2.24) is 19.6 Å². The lowest BCUT2D eigenvalue weighted by atomic mass is 10.2. The standard InChI is InChI=1S/C22H20N4O3/c1-25(15-16-8-3-2-4-9-16)22(28)19-18-11-5-6-12-26(18)20(24-19)21(27)23-14-17-10-7-13-29-17/h2-13H,14-15H2,1H3,(H,23,27). The number of carbonyl (C=O) groups excluding carboxylic acids is 2. The number of carbonyl (C=O) groups is 2. The van der Waals surface area contributed by atoms with Crippen LogP contribution in [0.4, 0.5) is 0 Å². The van der Waals surface area contributed by atoms with E-state index < -0.39 is 0 Å². The second-order valence-electron chi connectivity index (χ2n) is 6.65. The number of hydrogen-bond donors (Lipinski definition) is 1. The van der Waals surface area contributed by atoms with Gasteiger partial charge in [0.1, 0.15) is 5.76 Å². The van der Waals surface area contributed by atoms with E-state index in [-0.39, 0.29) is 29.9 Å². The number of furan rings is 1. The van der Waals surface area contributed by atoms with Crippen molar-refractivity contribution < 1.29 is 14.0 Å². The number of nitrogens with one attached hydrogen (secondary N) is 1. The molecule has 0 spiro atoms. The zero-order valence-corrected chi connectivity index (χ0v) is 15.9. The van der Waals surface area contributed by atoms with Crippen molar-refractivity contribution in [2.24, 2.45) is 0 Å². The normalized spacial score (nSPS) is 10.8. The molecule has 146 valence electrons. The summed E-state index contributed by atoms with van der Waals surface area (Å²) in [4.78, 5) is 31.7. The number of benzene rings is 1. The van der Waals surface area contributed by atoms with Crippen LogP contribution >= 0.6 is 0 Å². The molecule has 0 atom stereocenters. The minimum absolute atomic E-state index is 0.156. The van der Waals surface area contributed by atoms with Gasteiger partial charge < -0.3 is 14.6 Å². The molecule has 0 aliphatic carbocycles. The van der Waals surface area contributed by atoms with Crippen molar-refractivity contribution in [3.63, 3.8) is 0 Å². The molecule has 1 aromatic carbocycles. The molecule has 0 radical (unpaired) electrons. The topological polar surface area (TPSA) is 79.8 Å². The fourth-order valence-electron chi connectivity index (χ4n) is 3.12. The lowest BCUT2D eigenvalue weighted by Crippen LogP contribution is -2.27. The Morgan fingerprint density at radius 1 is 1.07 bits per heavy atom. The van der Waals surface area contributed by atoms with Crippen molar-refractivity contribution in [1.29, 1.82) is 0 Å². The number of fused-ring (bicyclic) bond motifs is 1. The second kappa shape index (κ2) is 8.02. The Bertz CT molecular complexity index is 1130. The third-order valence-electron chi connectivity index (χ3n) is 4.57. The van der Waals surface area contributed by atoms with Crippen molar-refractivity contribution in [3.05, 3.63) is 96.0 Å². The predicted octanol–water partition coefficient (Wildman–Crippen LogP) is 3.13. The van der Waals surface area contributed by atoms with Gasteiger partial charge in [-0.05, 0) is 29.8 Å². The summed E-state index contributed by atoms with van der Waals surface area (Å²) in [6.07, 6.45) is 3.27. The number of pyridine rings is 1. The van der Waals surface area contributed by atoms with Gasteiger partial charge in [0.15, 0.2) is 5.69 Å². The van der Waals surface area contributed by atoms with Crippen LogP contribution in [0.5, 0.6) is 0 Å². The molecule has 0 bridgehead atoms. The Morgan fingerprint density at radius 3 is 2.62 bits per heavy atom. The molecular formula is C22H20N4O3. The third kappa shape index (κ3) is 3.89. The van der Waals surface area contributed by atoms with E-state index >= 15 is 0 Å². The highest BCUT2D eigenvalue weighted by Crippen LogP contribution is 2.16. The third-order valence-corrected chi connectivity index (χ3v) is 4.57. The van der Waals surface area contributed by atoms with Gasteiger partial charge in [0.2, 0.25) is 5.82 Å². The smallest absolute Gasteiger partial charge is 0.288 e. The van der Waals surface area contributed by atoms with E-state index in [1.807, 2.05) is 36.4 Å². The molecule has 3 heterocycles. The van der Waals surface area contributed by atoms with Crippen molar-refractivity contribution >= 4 is 17.3 Å². The quantitative estimate of drug-likeness (QED) is 0.550. The summed E-state index contributed by atoms with van der Waals surface area (Å²) >= 11 is 0. The van der Waals surface area contributed by atoms with Crippen LogP contribution in [0.15, 0.2) is 77.5 Å². The SMILES string of the molecule is CN(Cc1ccccc1)C(=O)c1nc(C(=O)NCc2ccco2)n2ccccc12. The zero-order chi connectivity index (χ0) is 20.2. The highest BCUT2D eigenvalue weighted by molar-refractivity contribution is 6.02. The maximum atomic E-state index is 13.0. The van der Waals surface area contributed by atoms with Crippen LogP contribution in [0, 0.1) is 0 Å². The van der Waals surface area contributed by atoms with E-state index in [1.54, 1.807) is 53.1 Å². The Labute approximate surface area is 167 Å². The highest BCUT2D eigenvalue weighted by atomic mass is 16.3. The first kappa shape index (κ1) is 18.5. The van der Waals surface area contributed by atoms with Crippen LogP contribution in [0.3, 0.4) is 0 Å². The maximum Gasteiger partial charge on any atom is 0.288 e. The van der Waals surface area contributed by atoms with Gasteiger partial charge in [-0.1, -0.05) is 36.4 Å². The minimum atomic E-state index is -0.382. The Kier molecular flexibility index (Phi) is 5.11. The van der Waals surface area contributed by atoms with Crippen LogP contribution < -0.4 is 5.32 Å². The number of nitrogens with zero attached hydrogens (tertiary/aromatic N) is 3. The van der Waals surface area contributed by atoms with Crippen LogP contribution in [0.2, 0.25) is 0 Å². The fourth-order valence-corrected chi connectivity index (χ4v) is 3.12. The van der Waals surface area contributed by atoms with Crippen LogP contribution in [-0.2, 0) is 13.1 Å². The molecule has 0 saturated carbocycles. The summed E-state index contributed by atoms with van der Waals surface area (Å²) in [5.41, 5.74) is 1.84. The molecular weight excluding hydrogens is 368 g/mol. The van der Waals surface area contributed by atoms with E-state index in [9.17, 15) is 9.59 Å². The molecule has 0 unspecified atom stereocenters. The minimum Gasteiger partial charge on any atom is -0.467 e. The molecule has 1 N–H and O–H groups in total. The van der Waals surface area contributed by atoms with Gasteiger partial charge in [0.25, 0.3) is 11.8 Å². The van der Waals surface area contributed by atoms with Crippen molar-refractivity contribution in [2.75, 3.05) is 7.05 Å². The lowest BCUT2D eigenvalue weighted by molar-refractivity contribution is 0.0782. The van der Waals surface area contributed by atoms with Gasteiger partial charge in [0.05, 0.1) is 18.3 Å². The first-order valence-electron chi connectivity index (χ1n) is 9.20. The van der Waals surface area contributed by atoms with E-state index in [2.05, 4.69) is 10.3 Å². The number of rotatable bonds is 6. The van der Waals surface area contributed by atoms with E-state index in [0.29, 0.717) is 17.8 Å². The van der Waals surface area contributed by atoms with Crippen LogP contribution in [0.1, 0.15) is 32.4 Å². The molecule has 0 aliphatic rings. The van der Waals surface area contributed by atoms with Gasteiger partial charge >= 0.3 is 0 Å². The monoisotopic (exact) mass is 388 g/mol. The fraction of sp³-hybridized carbons (Fsp3) is 0.136.